The fourth-order valence-corrected chi connectivity index (χ4v) is 3.66. The van der Waals surface area contributed by atoms with Gasteiger partial charge < -0.3 is 19.2 Å². The zero-order valence-corrected chi connectivity index (χ0v) is 16.3. The SMILES string of the molecule is C[C@H](NC(=O)C1CCN(C(=O)c2ccco2)CC1)c1ccc(-n2ccnc2)cc1. The third kappa shape index (κ3) is 4.23. The number of nitrogens with zero attached hydrogens (tertiary/aromatic N) is 3. The van der Waals surface area contributed by atoms with Gasteiger partial charge in [0.2, 0.25) is 5.91 Å². The van der Waals surface area contributed by atoms with Crippen molar-refractivity contribution < 1.29 is 14.0 Å². The number of likely N-dealkylation sites (tertiary alicyclic amines) is 1. The highest BCUT2D eigenvalue weighted by Crippen LogP contribution is 2.22. The number of aromatic nitrogens is 2. The number of amides is 2. The lowest BCUT2D eigenvalue weighted by Gasteiger charge is -2.31. The number of nitrogens with one attached hydrogen (secondary N) is 1. The summed E-state index contributed by atoms with van der Waals surface area (Å²) in [6.07, 6.45) is 8.20. The second-order valence-electron chi connectivity index (χ2n) is 7.34. The van der Waals surface area contributed by atoms with Crippen LogP contribution in [-0.2, 0) is 4.79 Å². The molecule has 1 aliphatic rings. The molecule has 1 fully saturated rings. The van der Waals surface area contributed by atoms with E-state index in [1.54, 1.807) is 29.6 Å². The van der Waals surface area contributed by atoms with Crippen LogP contribution in [0.5, 0.6) is 0 Å². The van der Waals surface area contributed by atoms with Crippen LogP contribution in [0, 0.1) is 5.92 Å². The maximum Gasteiger partial charge on any atom is 0.289 e. The van der Waals surface area contributed by atoms with Crippen molar-refractivity contribution in [1.29, 1.82) is 0 Å². The summed E-state index contributed by atoms with van der Waals surface area (Å²) in [5, 5.41) is 3.11. The minimum atomic E-state index is -0.111. The zero-order valence-electron chi connectivity index (χ0n) is 16.3. The minimum absolute atomic E-state index is 0.0429. The van der Waals surface area contributed by atoms with Gasteiger partial charge in [0.05, 0.1) is 18.6 Å². The molecule has 1 N–H and O–H groups in total. The molecule has 1 atom stereocenters. The van der Waals surface area contributed by atoms with Crippen molar-refractivity contribution in [2.24, 2.45) is 5.92 Å². The summed E-state index contributed by atoms with van der Waals surface area (Å²) < 4.78 is 7.12. The first-order valence-corrected chi connectivity index (χ1v) is 9.83. The van der Waals surface area contributed by atoms with E-state index in [9.17, 15) is 9.59 Å². The van der Waals surface area contributed by atoms with Crippen LogP contribution in [0.2, 0.25) is 0 Å². The molecule has 0 saturated carbocycles. The summed E-state index contributed by atoms with van der Waals surface area (Å²) in [6, 6.07) is 11.4. The second kappa shape index (κ2) is 8.34. The van der Waals surface area contributed by atoms with Gasteiger partial charge in [-0.2, -0.15) is 0 Å². The Morgan fingerprint density at radius 1 is 1.17 bits per heavy atom. The number of rotatable bonds is 5. The molecule has 2 aromatic heterocycles. The first-order valence-electron chi connectivity index (χ1n) is 9.83. The van der Waals surface area contributed by atoms with Gasteiger partial charge >= 0.3 is 0 Å². The lowest BCUT2D eigenvalue weighted by atomic mass is 9.95. The lowest BCUT2D eigenvalue weighted by Crippen LogP contribution is -2.43. The molecule has 7 nitrogen and oxygen atoms in total. The van der Waals surface area contributed by atoms with Crippen LogP contribution in [0.15, 0.2) is 65.8 Å². The molecular weight excluding hydrogens is 368 g/mol. The van der Waals surface area contributed by atoms with E-state index in [1.165, 1.54) is 6.26 Å². The predicted molar refractivity (Wildman–Crippen MR) is 107 cm³/mol. The van der Waals surface area contributed by atoms with Crippen molar-refractivity contribution in [3.8, 4) is 5.69 Å². The highest BCUT2D eigenvalue weighted by atomic mass is 16.3. The van der Waals surface area contributed by atoms with Crippen LogP contribution in [0.25, 0.3) is 5.69 Å². The van der Waals surface area contributed by atoms with Crippen molar-refractivity contribution in [2.45, 2.75) is 25.8 Å². The van der Waals surface area contributed by atoms with Gasteiger partial charge in [-0.05, 0) is 49.6 Å². The van der Waals surface area contributed by atoms with Gasteiger partial charge in [-0.1, -0.05) is 12.1 Å². The molecule has 0 aliphatic carbocycles. The number of furan rings is 1. The van der Waals surface area contributed by atoms with E-state index in [2.05, 4.69) is 10.3 Å². The highest BCUT2D eigenvalue weighted by Gasteiger charge is 2.29. The van der Waals surface area contributed by atoms with Crippen molar-refractivity contribution in [2.75, 3.05) is 13.1 Å². The number of imidazole rings is 1. The standard InChI is InChI=1S/C22H24N4O3/c1-16(17-4-6-19(7-5-17)26-13-10-23-15-26)24-21(27)18-8-11-25(12-9-18)22(28)20-3-2-14-29-20/h2-7,10,13-16,18H,8-9,11-12H2,1H3,(H,24,27)/t16-/m0/s1. The summed E-state index contributed by atoms with van der Waals surface area (Å²) in [4.78, 5) is 30.8. The molecule has 3 aromatic rings. The van der Waals surface area contributed by atoms with Gasteiger partial charge in [0.25, 0.3) is 5.91 Å². The molecule has 2 amide bonds. The topological polar surface area (TPSA) is 80.4 Å². The fraction of sp³-hybridized carbons (Fsp3) is 0.318. The van der Waals surface area contributed by atoms with Crippen LogP contribution in [0.4, 0.5) is 0 Å². The second-order valence-corrected chi connectivity index (χ2v) is 7.34. The predicted octanol–water partition coefficient (Wildman–Crippen LogP) is 3.19. The van der Waals surface area contributed by atoms with E-state index in [0.29, 0.717) is 31.7 Å². The van der Waals surface area contributed by atoms with Crippen LogP contribution < -0.4 is 5.32 Å². The molecule has 3 heterocycles. The average molecular weight is 392 g/mol. The Balaban J connectivity index is 1.30. The van der Waals surface area contributed by atoms with Crippen molar-refractivity contribution in [3.05, 3.63) is 72.7 Å². The Kier molecular flexibility index (Phi) is 5.46. The number of hydrogen-bond donors (Lipinski definition) is 1. The Bertz CT molecular complexity index is 941. The van der Waals surface area contributed by atoms with E-state index in [4.69, 9.17) is 4.42 Å². The Morgan fingerprint density at radius 3 is 2.55 bits per heavy atom. The maximum absolute atomic E-state index is 12.7. The number of carbonyl (C=O) groups is 2. The number of carbonyl (C=O) groups excluding carboxylic acids is 2. The number of hydrogen-bond acceptors (Lipinski definition) is 4. The Morgan fingerprint density at radius 2 is 1.93 bits per heavy atom. The fourth-order valence-electron chi connectivity index (χ4n) is 3.66. The maximum atomic E-state index is 12.7. The van der Waals surface area contributed by atoms with E-state index in [1.807, 2.05) is 42.0 Å². The Hall–Kier alpha value is -3.35. The first-order chi connectivity index (χ1) is 14.1. The third-order valence-electron chi connectivity index (χ3n) is 5.44. The van der Waals surface area contributed by atoms with Crippen LogP contribution in [-0.4, -0.2) is 39.4 Å². The number of piperidine rings is 1. The molecule has 0 radical (unpaired) electrons. The van der Waals surface area contributed by atoms with Gasteiger partial charge in [-0.15, -0.1) is 0 Å². The molecule has 1 aliphatic heterocycles. The minimum Gasteiger partial charge on any atom is -0.459 e. The van der Waals surface area contributed by atoms with E-state index >= 15 is 0 Å². The Labute approximate surface area is 169 Å². The van der Waals surface area contributed by atoms with E-state index < -0.39 is 0 Å². The first kappa shape index (κ1) is 19.0. The molecule has 150 valence electrons. The summed E-state index contributed by atoms with van der Waals surface area (Å²) in [5.74, 6) is 0.200. The molecular formula is C22H24N4O3. The van der Waals surface area contributed by atoms with Crippen molar-refractivity contribution >= 4 is 11.8 Å². The lowest BCUT2D eigenvalue weighted by molar-refractivity contribution is -0.127. The van der Waals surface area contributed by atoms with Crippen molar-refractivity contribution in [1.82, 2.24) is 19.8 Å². The third-order valence-corrected chi connectivity index (χ3v) is 5.44. The number of benzene rings is 1. The van der Waals surface area contributed by atoms with Gasteiger partial charge in [0.15, 0.2) is 5.76 Å². The molecule has 0 spiro atoms. The van der Waals surface area contributed by atoms with Gasteiger partial charge in [0.1, 0.15) is 0 Å². The van der Waals surface area contributed by atoms with E-state index in [0.717, 1.165) is 11.3 Å². The molecule has 0 unspecified atom stereocenters. The van der Waals surface area contributed by atoms with Crippen molar-refractivity contribution in [3.63, 3.8) is 0 Å². The molecule has 1 saturated heterocycles. The van der Waals surface area contributed by atoms with Gasteiger partial charge in [0, 0.05) is 37.1 Å². The van der Waals surface area contributed by atoms with Gasteiger partial charge in [-0.25, -0.2) is 4.98 Å². The summed E-state index contributed by atoms with van der Waals surface area (Å²) >= 11 is 0. The van der Waals surface area contributed by atoms with Crippen LogP contribution in [0.1, 0.15) is 41.9 Å². The largest absolute Gasteiger partial charge is 0.459 e. The van der Waals surface area contributed by atoms with Crippen LogP contribution in [0.3, 0.4) is 0 Å². The summed E-state index contributed by atoms with van der Waals surface area (Å²) in [6.45, 7) is 3.11. The summed E-state index contributed by atoms with van der Waals surface area (Å²) in [7, 11) is 0. The monoisotopic (exact) mass is 392 g/mol. The normalized spacial score (nSPS) is 15.8. The molecule has 7 heteroatoms. The summed E-state index contributed by atoms with van der Waals surface area (Å²) in [5.41, 5.74) is 2.08. The van der Waals surface area contributed by atoms with Gasteiger partial charge in [-0.3, -0.25) is 9.59 Å². The van der Waals surface area contributed by atoms with E-state index in [-0.39, 0.29) is 23.8 Å². The quantitative estimate of drug-likeness (QED) is 0.723. The average Bonchev–Trinajstić information content (AvgIpc) is 3.47. The molecule has 4 rings (SSSR count). The zero-order chi connectivity index (χ0) is 20.2. The molecule has 29 heavy (non-hydrogen) atoms. The highest BCUT2D eigenvalue weighted by molar-refractivity contribution is 5.91. The molecule has 0 bridgehead atoms. The smallest absolute Gasteiger partial charge is 0.289 e. The molecule has 1 aromatic carbocycles. The van der Waals surface area contributed by atoms with Crippen LogP contribution >= 0.6 is 0 Å².